The quantitative estimate of drug-likeness (QED) is 0.489. The molecular formula is C25H25FN4O3S2. The predicted molar refractivity (Wildman–Crippen MR) is 132 cm³/mol. The van der Waals surface area contributed by atoms with E-state index in [1.807, 2.05) is 13.0 Å². The third-order valence-corrected chi connectivity index (χ3v) is 8.31. The summed E-state index contributed by atoms with van der Waals surface area (Å²) in [6, 6.07) is 12.8. The molecule has 0 saturated heterocycles. The summed E-state index contributed by atoms with van der Waals surface area (Å²) in [4.78, 5) is 20.8. The molecule has 0 radical (unpaired) electrons. The zero-order chi connectivity index (χ0) is 25.3. The van der Waals surface area contributed by atoms with Crippen LogP contribution in [-0.2, 0) is 27.6 Å². The van der Waals surface area contributed by atoms with E-state index < -0.39 is 15.7 Å². The molecule has 0 spiro atoms. The van der Waals surface area contributed by atoms with Crippen LogP contribution in [0.5, 0.6) is 0 Å². The average Bonchev–Trinajstić information content (AvgIpc) is 3.35. The molecular weight excluding hydrogens is 487 g/mol. The second kappa shape index (κ2) is 9.85. The van der Waals surface area contributed by atoms with Crippen LogP contribution in [-0.4, -0.2) is 30.5 Å². The van der Waals surface area contributed by atoms with E-state index in [9.17, 15) is 17.6 Å². The maximum absolute atomic E-state index is 14.2. The van der Waals surface area contributed by atoms with Crippen LogP contribution in [0.15, 0.2) is 47.4 Å². The molecule has 2 aromatic carbocycles. The number of nitrogens with zero attached hydrogens (tertiary/aromatic N) is 3. The largest absolute Gasteiger partial charge is 0.302 e. The Morgan fingerprint density at radius 3 is 2.63 bits per heavy atom. The number of sulfone groups is 1. The normalized spacial score (nSPS) is 16.5. The lowest BCUT2D eigenvalue weighted by molar-refractivity contribution is -0.115. The van der Waals surface area contributed by atoms with Crippen LogP contribution in [0.25, 0.3) is 0 Å². The van der Waals surface area contributed by atoms with E-state index >= 15 is 0 Å². The van der Waals surface area contributed by atoms with Crippen LogP contribution in [0, 0.1) is 17.1 Å². The van der Waals surface area contributed by atoms with Crippen molar-refractivity contribution in [2.24, 2.45) is 0 Å². The van der Waals surface area contributed by atoms with Crippen LogP contribution >= 0.6 is 11.3 Å². The molecule has 1 aliphatic rings. The lowest BCUT2D eigenvalue weighted by atomic mass is 10.0. The van der Waals surface area contributed by atoms with Gasteiger partial charge in [0.2, 0.25) is 5.91 Å². The van der Waals surface area contributed by atoms with E-state index in [-0.39, 0.29) is 34.9 Å². The predicted octanol–water partition coefficient (Wildman–Crippen LogP) is 4.77. The van der Waals surface area contributed by atoms with E-state index in [4.69, 9.17) is 10.2 Å². The molecule has 0 aliphatic carbocycles. The zero-order valence-electron chi connectivity index (χ0n) is 19.6. The van der Waals surface area contributed by atoms with Gasteiger partial charge in [-0.2, -0.15) is 5.26 Å². The van der Waals surface area contributed by atoms with Gasteiger partial charge < -0.3 is 5.32 Å². The molecule has 2 atom stereocenters. The van der Waals surface area contributed by atoms with E-state index in [0.717, 1.165) is 28.8 Å². The first kappa shape index (κ1) is 25.0. The van der Waals surface area contributed by atoms with Crippen molar-refractivity contribution in [1.29, 1.82) is 5.26 Å². The maximum Gasteiger partial charge on any atom is 0.230 e. The molecule has 1 aromatic heterocycles. The Kier molecular flexibility index (Phi) is 7.03. The molecule has 10 heteroatoms. The van der Waals surface area contributed by atoms with Crippen molar-refractivity contribution in [3.63, 3.8) is 0 Å². The topological polar surface area (TPSA) is 103 Å². The van der Waals surface area contributed by atoms with Gasteiger partial charge >= 0.3 is 0 Å². The third-order valence-electron chi connectivity index (χ3n) is 6.21. The Morgan fingerprint density at radius 1 is 1.31 bits per heavy atom. The van der Waals surface area contributed by atoms with Crippen LogP contribution in [0.3, 0.4) is 0 Å². The highest BCUT2D eigenvalue weighted by Gasteiger charge is 2.36. The van der Waals surface area contributed by atoms with Crippen LogP contribution in [0.1, 0.15) is 59.6 Å². The highest BCUT2D eigenvalue weighted by Crippen LogP contribution is 2.44. The van der Waals surface area contributed by atoms with Gasteiger partial charge in [-0.05, 0) is 48.7 Å². The van der Waals surface area contributed by atoms with Gasteiger partial charge in [-0.15, -0.1) is 11.3 Å². The van der Waals surface area contributed by atoms with E-state index in [1.165, 1.54) is 35.6 Å². The number of thiazole rings is 1. The number of amides is 1. The van der Waals surface area contributed by atoms with Gasteiger partial charge in [0.05, 0.1) is 28.6 Å². The number of carbonyl (C=O) groups excluding carboxylic acids is 1. The molecule has 1 amide bonds. The van der Waals surface area contributed by atoms with Crippen molar-refractivity contribution in [2.75, 3.05) is 11.6 Å². The minimum Gasteiger partial charge on any atom is -0.302 e. The molecule has 7 nitrogen and oxygen atoms in total. The zero-order valence-corrected chi connectivity index (χ0v) is 21.2. The molecule has 1 N–H and O–H groups in total. The van der Waals surface area contributed by atoms with Gasteiger partial charge in [-0.1, -0.05) is 25.1 Å². The first-order valence-corrected chi connectivity index (χ1v) is 13.8. The molecule has 1 aliphatic heterocycles. The first-order chi connectivity index (χ1) is 16.6. The van der Waals surface area contributed by atoms with Crippen LogP contribution in [0.4, 0.5) is 9.52 Å². The van der Waals surface area contributed by atoms with Crippen molar-refractivity contribution in [3.8, 4) is 6.07 Å². The lowest BCUT2D eigenvalue weighted by Crippen LogP contribution is -2.26. The number of nitrogens with one attached hydrogen (secondary N) is 1. The highest BCUT2D eigenvalue weighted by molar-refractivity contribution is 7.90. The Hall–Kier alpha value is -3.13. The number of carbonyl (C=O) groups is 1. The molecule has 0 saturated carbocycles. The van der Waals surface area contributed by atoms with Crippen molar-refractivity contribution in [1.82, 2.24) is 9.88 Å². The number of rotatable bonds is 7. The van der Waals surface area contributed by atoms with Gasteiger partial charge in [-0.3, -0.25) is 9.69 Å². The standard InChI is InChI=1S/C25H25FN4O3S2/c1-4-21-24-22(14-30(21)15(2)17-7-8-18(13-27)20(26)12-17)34-25(29-24)28-23(31)11-16-5-9-19(10-6-16)35(3,32)33/h5-10,12,15,21H,4,11,14H2,1-3H3,(H,28,29,31)/t15-,21-/m0/s1. The number of aromatic nitrogens is 1. The van der Waals surface area contributed by atoms with Crippen molar-refractivity contribution in [3.05, 3.63) is 75.5 Å². The summed E-state index contributed by atoms with van der Waals surface area (Å²) in [5.74, 6) is -0.746. The summed E-state index contributed by atoms with van der Waals surface area (Å²) in [5, 5.41) is 12.4. The Bertz CT molecular complexity index is 1410. The molecule has 182 valence electrons. The van der Waals surface area contributed by atoms with Gasteiger partial charge in [0.25, 0.3) is 0 Å². The number of fused-ring (bicyclic) bond motifs is 1. The van der Waals surface area contributed by atoms with Gasteiger partial charge in [0, 0.05) is 23.7 Å². The second-order valence-electron chi connectivity index (χ2n) is 8.59. The summed E-state index contributed by atoms with van der Waals surface area (Å²) in [7, 11) is -3.28. The smallest absolute Gasteiger partial charge is 0.230 e. The van der Waals surface area contributed by atoms with E-state index in [1.54, 1.807) is 18.2 Å². The molecule has 0 bridgehead atoms. The molecule has 3 aromatic rings. The molecule has 2 heterocycles. The van der Waals surface area contributed by atoms with Crippen LogP contribution in [0.2, 0.25) is 0 Å². The highest BCUT2D eigenvalue weighted by atomic mass is 32.2. The number of hydrogen-bond donors (Lipinski definition) is 1. The van der Waals surface area contributed by atoms with Crippen molar-refractivity contribution < 1.29 is 17.6 Å². The van der Waals surface area contributed by atoms with Gasteiger partial charge in [0.1, 0.15) is 11.9 Å². The van der Waals surface area contributed by atoms with Crippen LogP contribution < -0.4 is 5.32 Å². The molecule has 0 fully saturated rings. The van der Waals surface area contributed by atoms with Crippen molar-refractivity contribution in [2.45, 2.75) is 50.2 Å². The third kappa shape index (κ3) is 5.27. The minimum absolute atomic E-state index is 0.0295. The summed E-state index contributed by atoms with van der Waals surface area (Å²) >= 11 is 1.43. The fourth-order valence-corrected chi connectivity index (χ4v) is 6.01. The maximum atomic E-state index is 14.2. The Morgan fingerprint density at radius 2 is 2.03 bits per heavy atom. The van der Waals surface area contributed by atoms with Gasteiger partial charge in [-0.25, -0.2) is 17.8 Å². The van der Waals surface area contributed by atoms with E-state index in [2.05, 4.69) is 17.1 Å². The number of hydrogen-bond acceptors (Lipinski definition) is 7. The number of nitriles is 1. The molecule has 4 rings (SSSR count). The second-order valence-corrected chi connectivity index (χ2v) is 11.7. The summed E-state index contributed by atoms with van der Waals surface area (Å²) in [6.07, 6.45) is 2.06. The summed E-state index contributed by atoms with van der Waals surface area (Å²) in [6.45, 7) is 4.71. The average molecular weight is 513 g/mol. The summed E-state index contributed by atoms with van der Waals surface area (Å²) in [5.41, 5.74) is 2.46. The molecule has 0 unspecified atom stereocenters. The number of anilines is 1. The Labute approximate surface area is 208 Å². The monoisotopic (exact) mass is 512 g/mol. The SMILES string of the molecule is CC[C@H]1c2nc(NC(=O)Cc3ccc(S(C)(=O)=O)cc3)sc2CN1[C@@H](C)c1ccc(C#N)c(F)c1. The lowest BCUT2D eigenvalue weighted by Gasteiger charge is -2.30. The first-order valence-electron chi connectivity index (χ1n) is 11.1. The molecule has 35 heavy (non-hydrogen) atoms. The fourth-order valence-electron chi connectivity index (χ4n) is 4.34. The van der Waals surface area contributed by atoms with E-state index in [0.29, 0.717) is 17.2 Å². The number of halogens is 1. The fraction of sp³-hybridized carbons (Fsp3) is 0.320. The van der Waals surface area contributed by atoms with Crippen molar-refractivity contribution >= 4 is 32.2 Å². The minimum atomic E-state index is -3.28. The van der Waals surface area contributed by atoms with Gasteiger partial charge in [0.15, 0.2) is 15.0 Å². The summed E-state index contributed by atoms with van der Waals surface area (Å²) < 4.78 is 37.4. The number of benzene rings is 2. The Balaban J connectivity index is 1.44.